The second kappa shape index (κ2) is 5.85. The Labute approximate surface area is 147 Å². The van der Waals surface area contributed by atoms with Crippen LogP contribution >= 0.6 is 11.3 Å². The third-order valence-electron chi connectivity index (χ3n) is 4.07. The molecule has 3 rings (SSSR count). The van der Waals surface area contributed by atoms with Crippen LogP contribution in [0.15, 0.2) is 40.1 Å². The number of aromatic nitrogens is 2. The fraction of sp³-hybridized carbons (Fsp3) is 0.400. The Kier molecular flexibility index (Phi) is 4.12. The third-order valence-corrected chi connectivity index (χ3v) is 4.93. The summed E-state index contributed by atoms with van der Waals surface area (Å²) in [5, 5.41) is 10.5. The van der Waals surface area contributed by atoms with Crippen LogP contribution in [-0.4, -0.2) is 10.2 Å². The highest BCUT2D eigenvalue weighted by Gasteiger charge is 2.22. The zero-order chi connectivity index (χ0) is 17.5. The molecule has 4 heteroatoms. The lowest BCUT2D eigenvalue weighted by Crippen LogP contribution is -2.16. The molecule has 3 nitrogen and oxygen atoms in total. The first kappa shape index (κ1) is 16.9. The maximum absolute atomic E-state index is 5.94. The van der Waals surface area contributed by atoms with Gasteiger partial charge in [-0.05, 0) is 45.5 Å². The van der Waals surface area contributed by atoms with Gasteiger partial charge < -0.3 is 4.42 Å². The maximum Gasteiger partial charge on any atom is 0.258 e. The molecule has 0 N–H and O–H groups in total. The van der Waals surface area contributed by atoms with E-state index in [0.717, 1.165) is 10.4 Å². The fourth-order valence-electron chi connectivity index (χ4n) is 2.46. The molecule has 2 aromatic heterocycles. The van der Waals surface area contributed by atoms with Crippen molar-refractivity contribution in [3.63, 3.8) is 0 Å². The first-order valence-electron chi connectivity index (χ1n) is 8.18. The molecule has 0 spiro atoms. The lowest BCUT2D eigenvalue weighted by molar-refractivity contribution is 0.564. The molecule has 24 heavy (non-hydrogen) atoms. The molecule has 0 saturated heterocycles. The van der Waals surface area contributed by atoms with Gasteiger partial charge in [0.1, 0.15) is 0 Å². The molecule has 2 heterocycles. The van der Waals surface area contributed by atoms with Crippen LogP contribution in [0.2, 0.25) is 0 Å². The Morgan fingerprint density at radius 2 is 1.42 bits per heavy atom. The van der Waals surface area contributed by atoms with E-state index in [1.165, 1.54) is 11.1 Å². The second-order valence-corrected chi connectivity index (χ2v) is 9.14. The van der Waals surface area contributed by atoms with Gasteiger partial charge in [-0.1, -0.05) is 53.7 Å². The zero-order valence-corrected chi connectivity index (χ0v) is 16.0. The largest absolute Gasteiger partial charge is 0.415 e. The van der Waals surface area contributed by atoms with Gasteiger partial charge in [-0.25, -0.2) is 0 Å². The van der Waals surface area contributed by atoms with Gasteiger partial charge in [0.2, 0.25) is 5.89 Å². The Morgan fingerprint density at radius 3 is 1.92 bits per heavy atom. The molecule has 0 aliphatic carbocycles. The fourth-order valence-corrected chi connectivity index (χ4v) is 3.10. The predicted molar refractivity (Wildman–Crippen MR) is 100 cm³/mol. The number of benzene rings is 1. The van der Waals surface area contributed by atoms with E-state index in [1.54, 1.807) is 11.3 Å². The van der Waals surface area contributed by atoms with Crippen LogP contribution < -0.4 is 0 Å². The van der Waals surface area contributed by atoms with Crippen LogP contribution in [-0.2, 0) is 10.8 Å². The molecular formula is C20H24N2OS. The Balaban J connectivity index is 2.10. The van der Waals surface area contributed by atoms with Gasteiger partial charge >= 0.3 is 0 Å². The first-order chi connectivity index (χ1) is 11.1. The minimum absolute atomic E-state index is 0.0621. The van der Waals surface area contributed by atoms with Gasteiger partial charge in [-0.15, -0.1) is 21.5 Å². The summed E-state index contributed by atoms with van der Waals surface area (Å²) < 4.78 is 5.94. The number of hydrogen-bond acceptors (Lipinski definition) is 4. The molecule has 0 radical (unpaired) electrons. The van der Waals surface area contributed by atoms with E-state index in [9.17, 15) is 0 Å². The number of nitrogens with zero attached hydrogens (tertiary/aromatic N) is 2. The average Bonchev–Trinajstić information content (AvgIpc) is 3.16. The van der Waals surface area contributed by atoms with Crippen LogP contribution in [0.3, 0.4) is 0 Å². The molecule has 0 amide bonds. The van der Waals surface area contributed by atoms with Crippen LogP contribution in [0.4, 0.5) is 0 Å². The quantitative estimate of drug-likeness (QED) is 0.569. The van der Waals surface area contributed by atoms with Crippen molar-refractivity contribution in [3.8, 4) is 22.2 Å². The summed E-state index contributed by atoms with van der Waals surface area (Å²) >= 11 is 1.60. The normalized spacial score (nSPS) is 12.6. The number of rotatable bonds is 2. The lowest BCUT2D eigenvalue weighted by atomic mass is 9.79. The number of thiophene rings is 1. The van der Waals surface area contributed by atoms with Crippen molar-refractivity contribution in [3.05, 3.63) is 46.8 Å². The molecule has 0 atom stereocenters. The van der Waals surface area contributed by atoms with Crippen molar-refractivity contribution in [1.82, 2.24) is 10.2 Å². The summed E-state index contributed by atoms with van der Waals surface area (Å²) in [6.07, 6.45) is 0. The van der Waals surface area contributed by atoms with Gasteiger partial charge in [-0.3, -0.25) is 0 Å². The zero-order valence-electron chi connectivity index (χ0n) is 15.2. The summed E-state index contributed by atoms with van der Waals surface area (Å²) in [5.41, 5.74) is 3.67. The van der Waals surface area contributed by atoms with E-state index in [4.69, 9.17) is 4.42 Å². The van der Waals surface area contributed by atoms with Crippen molar-refractivity contribution in [1.29, 1.82) is 0 Å². The molecule has 0 aliphatic rings. The van der Waals surface area contributed by atoms with Crippen molar-refractivity contribution in [2.75, 3.05) is 0 Å². The Bertz CT molecular complexity index is 801. The highest BCUT2D eigenvalue weighted by molar-refractivity contribution is 7.13. The highest BCUT2D eigenvalue weighted by atomic mass is 32.1. The van der Waals surface area contributed by atoms with Gasteiger partial charge in [0, 0.05) is 5.56 Å². The van der Waals surface area contributed by atoms with Crippen LogP contribution in [0.5, 0.6) is 0 Å². The second-order valence-electron chi connectivity index (χ2n) is 8.19. The molecule has 0 bridgehead atoms. The highest BCUT2D eigenvalue weighted by Crippen LogP contribution is 2.34. The minimum atomic E-state index is 0.0621. The molecule has 0 unspecified atom stereocenters. The topological polar surface area (TPSA) is 38.9 Å². The van der Waals surface area contributed by atoms with Crippen molar-refractivity contribution >= 4 is 11.3 Å². The SMILES string of the molecule is CC(C)(C)c1cc(-c2nnc(-c3cccs3)o2)cc(C(C)(C)C)c1. The van der Waals surface area contributed by atoms with E-state index >= 15 is 0 Å². The molecule has 0 saturated carbocycles. The molecule has 3 aromatic rings. The van der Waals surface area contributed by atoms with Crippen LogP contribution in [0, 0.1) is 0 Å². The maximum atomic E-state index is 5.94. The Morgan fingerprint density at radius 1 is 0.833 bits per heavy atom. The van der Waals surface area contributed by atoms with Gasteiger partial charge in [0.25, 0.3) is 5.89 Å². The van der Waals surface area contributed by atoms with Crippen LogP contribution in [0.1, 0.15) is 52.7 Å². The molecule has 0 fully saturated rings. The summed E-state index contributed by atoms with van der Waals surface area (Å²) in [6, 6.07) is 10.6. The van der Waals surface area contributed by atoms with Crippen LogP contribution in [0.25, 0.3) is 22.2 Å². The van der Waals surface area contributed by atoms with Crippen molar-refractivity contribution in [2.24, 2.45) is 0 Å². The summed E-state index contributed by atoms with van der Waals surface area (Å²) in [4.78, 5) is 0.997. The minimum Gasteiger partial charge on any atom is -0.415 e. The molecular weight excluding hydrogens is 316 g/mol. The van der Waals surface area contributed by atoms with Crippen molar-refractivity contribution in [2.45, 2.75) is 52.4 Å². The van der Waals surface area contributed by atoms with E-state index in [1.807, 2.05) is 17.5 Å². The predicted octanol–water partition coefficient (Wildman–Crippen LogP) is 6.06. The Hall–Kier alpha value is -1.94. The van der Waals surface area contributed by atoms with E-state index < -0.39 is 0 Å². The van der Waals surface area contributed by atoms with E-state index in [0.29, 0.717) is 11.8 Å². The average molecular weight is 340 g/mol. The van der Waals surface area contributed by atoms with E-state index in [2.05, 4.69) is 69.9 Å². The van der Waals surface area contributed by atoms with Gasteiger partial charge in [-0.2, -0.15) is 0 Å². The molecule has 0 aliphatic heterocycles. The smallest absolute Gasteiger partial charge is 0.258 e. The standard InChI is InChI=1S/C20H24N2OS/c1-19(2,3)14-10-13(11-15(12-14)20(4,5)6)17-21-22-18(23-17)16-8-7-9-24-16/h7-12H,1-6H3. The lowest BCUT2D eigenvalue weighted by Gasteiger charge is -2.25. The molecule has 1 aromatic carbocycles. The van der Waals surface area contributed by atoms with Crippen molar-refractivity contribution < 1.29 is 4.42 Å². The van der Waals surface area contributed by atoms with Gasteiger partial charge in [0.15, 0.2) is 0 Å². The van der Waals surface area contributed by atoms with E-state index in [-0.39, 0.29) is 10.8 Å². The molecule has 126 valence electrons. The summed E-state index contributed by atoms with van der Waals surface area (Å²) in [7, 11) is 0. The summed E-state index contributed by atoms with van der Waals surface area (Å²) in [6.45, 7) is 13.4. The van der Waals surface area contributed by atoms with Gasteiger partial charge in [0.05, 0.1) is 4.88 Å². The summed E-state index contributed by atoms with van der Waals surface area (Å²) in [5.74, 6) is 1.16. The first-order valence-corrected chi connectivity index (χ1v) is 9.06. The third kappa shape index (κ3) is 3.44. The monoisotopic (exact) mass is 340 g/mol. The number of hydrogen-bond donors (Lipinski definition) is 0.